The highest BCUT2D eigenvalue weighted by Crippen LogP contribution is 2.54. The van der Waals surface area contributed by atoms with Crippen molar-refractivity contribution in [1.29, 1.82) is 0 Å². The molecular weight excluding hydrogens is 643 g/mol. The molecule has 0 bridgehead atoms. The molecule has 1 aliphatic carbocycles. The number of hydrogen-bond donors (Lipinski definition) is 0. The summed E-state index contributed by atoms with van der Waals surface area (Å²) in [4.78, 5) is 2.41. The highest BCUT2D eigenvalue weighted by atomic mass is 16.3. The van der Waals surface area contributed by atoms with Crippen LogP contribution in [0, 0.1) is 0 Å². The van der Waals surface area contributed by atoms with Crippen molar-refractivity contribution in [3.05, 3.63) is 187 Å². The molecule has 0 amide bonds. The summed E-state index contributed by atoms with van der Waals surface area (Å²) in [5, 5.41) is 9.95. The molecule has 0 saturated heterocycles. The van der Waals surface area contributed by atoms with E-state index in [1.54, 1.807) is 0 Å². The van der Waals surface area contributed by atoms with E-state index in [9.17, 15) is 0 Å². The van der Waals surface area contributed by atoms with Crippen LogP contribution in [0.25, 0.3) is 76.5 Å². The first kappa shape index (κ1) is 30.0. The van der Waals surface area contributed by atoms with Gasteiger partial charge in [-0.05, 0) is 103 Å². The minimum absolute atomic E-state index is 0.103. The SMILES string of the molecule is CC1(C)c2ccccc2-c2c(N(c3ccc(-c4ccc5c(ccc6ccc7ccccc7c65)c4)cc3)c3ccc4c(c3)oc3ccccc34)cccc21. The summed E-state index contributed by atoms with van der Waals surface area (Å²) in [6, 6.07) is 64.2. The quantitative estimate of drug-likeness (QED) is 0.172. The van der Waals surface area contributed by atoms with E-state index in [1.165, 1.54) is 65.7 Å². The number of fused-ring (bicyclic) bond motifs is 11. The summed E-state index contributed by atoms with van der Waals surface area (Å²) in [6.45, 7) is 4.69. The topological polar surface area (TPSA) is 16.4 Å². The molecular formula is C51H35NO. The fourth-order valence-electron chi connectivity index (χ4n) is 9.02. The van der Waals surface area contributed by atoms with Gasteiger partial charge in [0.25, 0.3) is 0 Å². The van der Waals surface area contributed by atoms with Gasteiger partial charge in [0.05, 0.1) is 5.69 Å². The van der Waals surface area contributed by atoms with Gasteiger partial charge in [0.15, 0.2) is 0 Å². The van der Waals surface area contributed by atoms with Crippen LogP contribution in [0.1, 0.15) is 25.0 Å². The first-order chi connectivity index (χ1) is 26.0. The second-order valence-corrected chi connectivity index (χ2v) is 14.9. The number of hydrogen-bond acceptors (Lipinski definition) is 2. The van der Waals surface area contributed by atoms with E-state index >= 15 is 0 Å². The lowest BCUT2D eigenvalue weighted by Crippen LogP contribution is -2.16. The Kier molecular flexibility index (Phi) is 6.33. The van der Waals surface area contributed by atoms with Gasteiger partial charge in [-0.1, -0.05) is 141 Å². The van der Waals surface area contributed by atoms with Gasteiger partial charge in [0.2, 0.25) is 0 Å². The zero-order chi connectivity index (χ0) is 35.3. The maximum Gasteiger partial charge on any atom is 0.137 e. The second kappa shape index (κ2) is 11.2. The van der Waals surface area contributed by atoms with Crippen molar-refractivity contribution in [2.75, 3.05) is 4.90 Å². The Morgan fingerprint density at radius 2 is 1.08 bits per heavy atom. The van der Waals surface area contributed by atoms with Gasteiger partial charge < -0.3 is 9.32 Å². The smallest absolute Gasteiger partial charge is 0.137 e. The highest BCUT2D eigenvalue weighted by Gasteiger charge is 2.37. The van der Waals surface area contributed by atoms with E-state index in [4.69, 9.17) is 4.42 Å². The first-order valence-corrected chi connectivity index (χ1v) is 18.4. The Balaban J connectivity index is 1.07. The molecule has 9 aromatic carbocycles. The number of nitrogens with zero attached hydrogens (tertiary/aromatic N) is 1. The maximum absolute atomic E-state index is 6.43. The summed E-state index contributed by atoms with van der Waals surface area (Å²) in [5.41, 5.74) is 12.7. The first-order valence-electron chi connectivity index (χ1n) is 18.4. The largest absolute Gasteiger partial charge is 0.456 e. The average molecular weight is 678 g/mol. The molecule has 0 saturated carbocycles. The van der Waals surface area contributed by atoms with Crippen LogP contribution in [-0.4, -0.2) is 0 Å². The molecule has 0 N–H and O–H groups in total. The van der Waals surface area contributed by atoms with E-state index < -0.39 is 0 Å². The zero-order valence-corrected chi connectivity index (χ0v) is 29.6. The van der Waals surface area contributed by atoms with Gasteiger partial charge >= 0.3 is 0 Å². The molecule has 2 nitrogen and oxygen atoms in total. The van der Waals surface area contributed by atoms with Gasteiger partial charge in [-0.25, -0.2) is 0 Å². The minimum Gasteiger partial charge on any atom is -0.456 e. The third-order valence-electron chi connectivity index (χ3n) is 11.6. The Morgan fingerprint density at radius 1 is 0.434 bits per heavy atom. The molecule has 1 aromatic heterocycles. The van der Waals surface area contributed by atoms with Crippen molar-refractivity contribution in [2.45, 2.75) is 19.3 Å². The van der Waals surface area contributed by atoms with Gasteiger partial charge in [-0.3, -0.25) is 0 Å². The van der Waals surface area contributed by atoms with Gasteiger partial charge in [-0.15, -0.1) is 0 Å². The maximum atomic E-state index is 6.43. The fraction of sp³-hybridized carbons (Fsp3) is 0.0588. The summed E-state index contributed by atoms with van der Waals surface area (Å²) in [6.07, 6.45) is 0. The van der Waals surface area contributed by atoms with Crippen molar-refractivity contribution in [2.24, 2.45) is 0 Å². The standard InChI is InChI=1S/C51H35NO/c1-51(2)44-14-7-5-13-43(44)50-45(51)15-9-16-46(50)52(38-27-29-42-41-12-6-8-17-47(41)53-48(42)31-38)37-25-22-32(23-26-37)35-24-28-40-36(30-35)21-20-34-19-18-33-10-3-4-11-39(33)49(34)40/h3-31H,1-2H3. The van der Waals surface area contributed by atoms with E-state index in [2.05, 4.69) is 183 Å². The monoisotopic (exact) mass is 677 g/mol. The number of anilines is 3. The summed E-state index contributed by atoms with van der Waals surface area (Å²) < 4.78 is 6.43. The molecule has 250 valence electrons. The van der Waals surface area contributed by atoms with Crippen LogP contribution in [0.4, 0.5) is 17.1 Å². The van der Waals surface area contributed by atoms with Crippen LogP contribution in [0.3, 0.4) is 0 Å². The molecule has 0 aliphatic heterocycles. The Labute approximate surface area is 308 Å². The molecule has 53 heavy (non-hydrogen) atoms. The van der Waals surface area contributed by atoms with Crippen LogP contribution < -0.4 is 4.90 Å². The Morgan fingerprint density at radius 3 is 1.96 bits per heavy atom. The van der Waals surface area contributed by atoms with Crippen LogP contribution in [-0.2, 0) is 5.41 Å². The van der Waals surface area contributed by atoms with E-state index in [1.807, 2.05) is 12.1 Å². The summed E-state index contributed by atoms with van der Waals surface area (Å²) in [7, 11) is 0. The predicted octanol–water partition coefficient (Wildman–Crippen LogP) is 14.5. The average Bonchev–Trinajstić information content (AvgIpc) is 3.69. The molecule has 0 fully saturated rings. The molecule has 1 heterocycles. The van der Waals surface area contributed by atoms with Crippen molar-refractivity contribution in [1.82, 2.24) is 0 Å². The predicted molar refractivity (Wildman–Crippen MR) is 224 cm³/mol. The molecule has 1 aliphatic rings. The number of furan rings is 1. The molecule has 2 heteroatoms. The van der Waals surface area contributed by atoms with Crippen LogP contribution in [0.5, 0.6) is 0 Å². The Bertz CT molecular complexity index is 3090. The van der Waals surface area contributed by atoms with E-state index in [0.717, 1.165) is 39.0 Å². The second-order valence-electron chi connectivity index (χ2n) is 14.9. The molecule has 11 rings (SSSR count). The number of para-hydroxylation sites is 1. The molecule has 0 spiro atoms. The van der Waals surface area contributed by atoms with Crippen LogP contribution >= 0.6 is 0 Å². The fourth-order valence-corrected chi connectivity index (χ4v) is 9.02. The Hall–Kier alpha value is -6.64. The van der Waals surface area contributed by atoms with Crippen molar-refractivity contribution in [3.63, 3.8) is 0 Å². The molecule has 0 atom stereocenters. The summed E-state index contributed by atoms with van der Waals surface area (Å²) in [5.74, 6) is 0. The number of rotatable bonds is 4. The van der Waals surface area contributed by atoms with Gasteiger partial charge in [-0.2, -0.15) is 0 Å². The van der Waals surface area contributed by atoms with Crippen molar-refractivity contribution in [3.8, 4) is 22.3 Å². The molecule has 10 aromatic rings. The highest BCUT2D eigenvalue weighted by molar-refractivity contribution is 6.20. The third kappa shape index (κ3) is 4.45. The molecule has 0 radical (unpaired) electrons. The number of benzene rings is 9. The third-order valence-corrected chi connectivity index (χ3v) is 11.6. The van der Waals surface area contributed by atoms with Gasteiger partial charge in [0.1, 0.15) is 11.2 Å². The van der Waals surface area contributed by atoms with Gasteiger partial charge in [0, 0.05) is 39.2 Å². The zero-order valence-electron chi connectivity index (χ0n) is 29.6. The van der Waals surface area contributed by atoms with E-state index in [-0.39, 0.29) is 5.41 Å². The van der Waals surface area contributed by atoms with Crippen LogP contribution in [0.2, 0.25) is 0 Å². The lowest BCUT2D eigenvalue weighted by Gasteiger charge is -2.29. The summed E-state index contributed by atoms with van der Waals surface area (Å²) >= 11 is 0. The van der Waals surface area contributed by atoms with Crippen molar-refractivity contribution >= 4 is 71.3 Å². The normalized spacial score (nSPS) is 13.2. The van der Waals surface area contributed by atoms with Crippen molar-refractivity contribution < 1.29 is 4.42 Å². The van der Waals surface area contributed by atoms with Crippen LogP contribution in [0.15, 0.2) is 180 Å². The van der Waals surface area contributed by atoms with E-state index in [0.29, 0.717) is 0 Å². The lowest BCUT2D eigenvalue weighted by molar-refractivity contribution is 0.660. The molecule has 0 unspecified atom stereocenters. The minimum atomic E-state index is -0.103. The lowest BCUT2D eigenvalue weighted by atomic mass is 9.82.